The summed E-state index contributed by atoms with van der Waals surface area (Å²) in [5.74, 6) is 1.81. The monoisotopic (exact) mass is 1050 g/mol. The van der Waals surface area contributed by atoms with Crippen LogP contribution in [0.2, 0.25) is 0 Å². The van der Waals surface area contributed by atoms with E-state index in [0.717, 1.165) is 101 Å². The first-order valence-electron chi connectivity index (χ1n) is 27.7. The second-order valence-electron chi connectivity index (χ2n) is 23.2. The van der Waals surface area contributed by atoms with Gasteiger partial charge in [0.15, 0.2) is 0 Å². The lowest BCUT2D eigenvalue weighted by atomic mass is 9.70. The molecule has 0 fully saturated rings. The van der Waals surface area contributed by atoms with Gasteiger partial charge in [0.1, 0.15) is 0 Å². The Morgan fingerprint density at radius 3 is 0.864 bits per heavy atom. The van der Waals surface area contributed by atoms with Crippen molar-refractivity contribution in [1.82, 2.24) is 20.4 Å². The van der Waals surface area contributed by atoms with Crippen molar-refractivity contribution in [2.75, 3.05) is 9.80 Å². The number of benzene rings is 10. The number of hydrogen-bond acceptors (Lipinski definition) is 8. The Balaban J connectivity index is 1.02. The van der Waals surface area contributed by atoms with Crippen LogP contribution in [0.4, 0.5) is 34.1 Å². The summed E-state index contributed by atoms with van der Waals surface area (Å²) < 4.78 is 13.4. The molecule has 81 heavy (non-hydrogen) atoms. The summed E-state index contributed by atoms with van der Waals surface area (Å²) in [6, 6.07) is 86.6. The minimum atomic E-state index is -0.914. The van der Waals surface area contributed by atoms with Crippen molar-refractivity contribution in [3.8, 4) is 68.1 Å². The molecule has 12 aromatic rings. The van der Waals surface area contributed by atoms with E-state index in [1.807, 2.05) is 0 Å². The summed E-state index contributed by atoms with van der Waals surface area (Å²) in [5.41, 5.74) is 20.1. The number of anilines is 6. The van der Waals surface area contributed by atoms with Crippen molar-refractivity contribution in [3.63, 3.8) is 0 Å². The van der Waals surface area contributed by atoms with E-state index in [2.05, 4.69) is 304 Å². The van der Waals surface area contributed by atoms with Crippen LogP contribution in [0.1, 0.15) is 74.9 Å². The smallest absolute Gasteiger partial charge is 0.248 e. The molecule has 14 rings (SSSR count). The summed E-state index contributed by atoms with van der Waals surface area (Å²) in [6.07, 6.45) is 0. The summed E-state index contributed by atoms with van der Waals surface area (Å²) >= 11 is 0. The Morgan fingerprint density at radius 1 is 0.284 bits per heavy atom. The van der Waals surface area contributed by atoms with Crippen LogP contribution in [0.3, 0.4) is 0 Å². The van der Waals surface area contributed by atoms with Crippen molar-refractivity contribution < 1.29 is 8.83 Å². The predicted octanol–water partition coefficient (Wildman–Crippen LogP) is 19.0. The van der Waals surface area contributed by atoms with Gasteiger partial charge in [-0.25, -0.2) is 0 Å². The highest BCUT2D eigenvalue weighted by molar-refractivity contribution is 5.99. The van der Waals surface area contributed by atoms with Crippen LogP contribution in [0.15, 0.2) is 251 Å². The van der Waals surface area contributed by atoms with E-state index in [0.29, 0.717) is 23.6 Å². The fourth-order valence-electron chi connectivity index (χ4n) is 12.1. The molecule has 0 saturated heterocycles. The Kier molecular flexibility index (Phi) is 11.7. The summed E-state index contributed by atoms with van der Waals surface area (Å²) in [4.78, 5) is 4.70. The van der Waals surface area contributed by atoms with Gasteiger partial charge in [0.05, 0.1) is 5.41 Å². The molecule has 0 saturated carbocycles. The largest absolute Gasteiger partial charge is 0.416 e. The average molecular weight is 1050 g/mol. The first kappa shape index (κ1) is 49.4. The molecule has 2 aromatic heterocycles. The Morgan fingerprint density at radius 2 is 0.556 bits per heavy atom. The number of rotatable bonds is 10. The summed E-state index contributed by atoms with van der Waals surface area (Å²) in [5, 5.41) is 18.8. The van der Waals surface area contributed by atoms with Crippen LogP contribution in [0, 0.1) is 0 Å². The molecule has 0 radical (unpaired) electrons. The zero-order valence-corrected chi connectivity index (χ0v) is 46.1. The molecule has 0 unspecified atom stereocenters. The minimum absolute atomic E-state index is 0.00618. The van der Waals surface area contributed by atoms with Gasteiger partial charge >= 0.3 is 0 Å². The molecule has 0 bridgehead atoms. The fraction of sp³-hybridized carbons (Fsp3) is 0.123. The van der Waals surface area contributed by atoms with Crippen LogP contribution >= 0.6 is 0 Å². The number of nitrogens with zero attached hydrogens (tertiary/aromatic N) is 6. The van der Waals surface area contributed by atoms with E-state index >= 15 is 0 Å². The van der Waals surface area contributed by atoms with Gasteiger partial charge in [-0.3, -0.25) is 0 Å². The van der Waals surface area contributed by atoms with Gasteiger partial charge < -0.3 is 18.6 Å². The lowest BCUT2D eigenvalue weighted by molar-refractivity contribution is 0.581. The van der Waals surface area contributed by atoms with Crippen LogP contribution in [-0.2, 0) is 16.2 Å². The van der Waals surface area contributed by atoms with Gasteiger partial charge in [-0.15, -0.1) is 20.4 Å². The normalized spacial score (nSPS) is 12.9. The third-order valence-corrected chi connectivity index (χ3v) is 16.2. The fourth-order valence-corrected chi connectivity index (χ4v) is 12.1. The quantitative estimate of drug-likeness (QED) is 0.134. The second kappa shape index (κ2) is 19.2. The van der Waals surface area contributed by atoms with Crippen LogP contribution in [0.25, 0.3) is 68.1 Å². The molecular formula is C73H58N6O2. The van der Waals surface area contributed by atoms with Gasteiger partial charge in [-0.05, 0) is 188 Å². The highest BCUT2D eigenvalue weighted by Gasteiger charge is 2.53. The van der Waals surface area contributed by atoms with Crippen molar-refractivity contribution in [1.29, 1.82) is 0 Å². The molecule has 2 aliphatic carbocycles. The van der Waals surface area contributed by atoms with Gasteiger partial charge in [0.25, 0.3) is 0 Å². The third-order valence-electron chi connectivity index (χ3n) is 16.2. The van der Waals surface area contributed by atoms with E-state index in [1.54, 1.807) is 0 Å². The van der Waals surface area contributed by atoms with E-state index in [-0.39, 0.29) is 10.8 Å². The maximum atomic E-state index is 6.68. The van der Waals surface area contributed by atoms with E-state index < -0.39 is 5.41 Å². The number of aromatic nitrogens is 4. The summed E-state index contributed by atoms with van der Waals surface area (Å²) in [7, 11) is 0. The Bertz CT molecular complexity index is 3930. The Labute approximate surface area is 472 Å². The van der Waals surface area contributed by atoms with Crippen molar-refractivity contribution in [2.24, 2.45) is 0 Å². The standard InChI is InChI=1S/C73H58N6O2/c1-71(2,3)51-33-27-47(28-34-51)67-74-76-69(80-67)49-31-39-59-61-41-37-57(78(53-19-11-7-12-20-53)54-21-13-8-14-22-54)45-65(61)73(63(59)43-49)64-44-50(70-77-75-68(81-70)48-29-35-52(36-30-48)72(4,5)6)32-40-60(64)62-42-38-58(46-66(62)73)79(55-23-15-9-16-24-55)56-25-17-10-18-26-56/h7-46H,1-6H3. The maximum absolute atomic E-state index is 6.68. The molecule has 2 heterocycles. The Hall–Kier alpha value is -9.92. The molecule has 392 valence electrons. The minimum Gasteiger partial charge on any atom is -0.416 e. The van der Waals surface area contributed by atoms with E-state index in [1.165, 1.54) is 11.1 Å². The maximum Gasteiger partial charge on any atom is 0.248 e. The van der Waals surface area contributed by atoms with E-state index in [4.69, 9.17) is 19.0 Å². The molecule has 8 nitrogen and oxygen atoms in total. The van der Waals surface area contributed by atoms with Gasteiger partial charge in [-0.2, -0.15) is 0 Å². The van der Waals surface area contributed by atoms with Crippen molar-refractivity contribution >= 4 is 34.1 Å². The third kappa shape index (κ3) is 8.45. The van der Waals surface area contributed by atoms with Gasteiger partial charge in [0.2, 0.25) is 23.6 Å². The molecule has 0 amide bonds. The van der Waals surface area contributed by atoms with Crippen LogP contribution < -0.4 is 9.80 Å². The predicted molar refractivity (Wildman–Crippen MR) is 327 cm³/mol. The lowest BCUT2D eigenvalue weighted by Crippen LogP contribution is -2.27. The molecule has 8 heteroatoms. The topological polar surface area (TPSA) is 84.3 Å². The van der Waals surface area contributed by atoms with Gasteiger partial charge in [0, 0.05) is 56.4 Å². The molecule has 2 aliphatic rings. The van der Waals surface area contributed by atoms with Gasteiger partial charge in [-0.1, -0.05) is 163 Å². The molecule has 1 spiro atoms. The van der Waals surface area contributed by atoms with Crippen LogP contribution in [-0.4, -0.2) is 20.4 Å². The van der Waals surface area contributed by atoms with Crippen molar-refractivity contribution in [3.05, 3.63) is 276 Å². The number of hydrogen-bond donors (Lipinski definition) is 0. The SMILES string of the molecule is CC(C)(C)c1ccc(-c2nnc(-c3ccc4c(c3)C3(c5cc(-c6nnc(-c7ccc(C(C)(C)C)cc7)o6)ccc5-c5ccc(N(c6ccccc6)c6ccccc6)cc53)c3cc(N(c5ccccc5)c5ccccc5)ccc3-4)o2)cc1. The second-order valence-corrected chi connectivity index (χ2v) is 23.2. The molecular weight excluding hydrogens is 993 g/mol. The summed E-state index contributed by atoms with van der Waals surface area (Å²) in [6.45, 7) is 13.3. The first-order chi connectivity index (χ1) is 39.4. The van der Waals surface area contributed by atoms with E-state index in [9.17, 15) is 0 Å². The van der Waals surface area contributed by atoms with Crippen LogP contribution in [0.5, 0.6) is 0 Å². The molecule has 0 aliphatic heterocycles. The first-order valence-corrected chi connectivity index (χ1v) is 27.7. The average Bonchev–Trinajstić information content (AvgIpc) is 1.84. The molecule has 0 N–H and O–H groups in total. The zero-order chi connectivity index (χ0) is 55.0. The number of para-hydroxylation sites is 4. The van der Waals surface area contributed by atoms with Crippen molar-refractivity contribution in [2.45, 2.75) is 57.8 Å². The number of fused-ring (bicyclic) bond motifs is 10. The molecule has 10 aromatic carbocycles. The molecule has 0 atom stereocenters. The highest BCUT2D eigenvalue weighted by atomic mass is 16.4. The lowest BCUT2D eigenvalue weighted by Gasteiger charge is -2.33. The zero-order valence-electron chi connectivity index (χ0n) is 46.1. The highest BCUT2D eigenvalue weighted by Crippen LogP contribution is 2.65.